The molecular formula is C25H22N2O5S2. The van der Waals surface area contributed by atoms with Crippen molar-refractivity contribution in [3.63, 3.8) is 0 Å². The summed E-state index contributed by atoms with van der Waals surface area (Å²) in [5.41, 5.74) is 2.16. The van der Waals surface area contributed by atoms with Crippen molar-refractivity contribution in [2.45, 2.75) is 23.6 Å². The van der Waals surface area contributed by atoms with Crippen LogP contribution >= 0.6 is 0 Å². The molecule has 0 unspecified atom stereocenters. The number of aryl methyl sites for hydroxylation is 2. The SMILES string of the molecule is Cc1ccc(S(=O)(=O)N/N=C\c2c(OS(=O)(=O)c3ccc(C)cc3)ccc3ccccc23)cc1. The lowest BCUT2D eigenvalue weighted by molar-refractivity contribution is 0.486. The minimum absolute atomic E-state index is 0.00854. The van der Waals surface area contributed by atoms with Crippen LogP contribution in [-0.2, 0) is 20.1 Å². The molecule has 0 amide bonds. The van der Waals surface area contributed by atoms with Gasteiger partial charge in [0.1, 0.15) is 4.90 Å². The minimum atomic E-state index is -4.12. The lowest BCUT2D eigenvalue weighted by atomic mass is 10.0. The van der Waals surface area contributed by atoms with Crippen molar-refractivity contribution >= 4 is 37.1 Å². The highest BCUT2D eigenvalue weighted by Crippen LogP contribution is 2.29. The van der Waals surface area contributed by atoms with Crippen molar-refractivity contribution in [3.8, 4) is 5.75 Å². The second-order valence-electron chi connectivity index (χ2n) is 7.71. The van der Waals surface area contributed by atoms with E-state index in [0.717, 1.165) is 16.5 Å². The number of hydrazone groups is 1. The molecule has 0 aliphatic carbocycles. The maximum Gasteiger partial charge on any atom is 0.339 e. The predicted octanol–water partition coefficient (Wildman–Crippen LogP) is 4.54. The lowest BCUT2D eigenvalue weighted by Crippen LogP contribution is -2.18. The normalized spacial score (nSPS) is 12.2. The Morgan fingerprint density at radius 2 is 1.32 bits per heavy atom. The van der Waals surface area contributed by atoms with E-state index in [-0.39, 0.29) is 15.5 Å². The van der Waals surface area contributed by atoms with Gasteiger partial charge in [0.05, 0.1) is 11.1 Å². The Morgan fingerprint density at radius 1 is 0.735 bits per heavy atom. The Kier molecular flexibility index (Phi) is 6.41. The van der Waals surface area contributed by atoms with Gasteiger partial charge in [-0.3, -0.25) is 0 Å². The topological polar surface area (TPSA) is 102 Å². The maximum absolute atomic E-state index is 12.9. The van der Waals surface area contributed by atoms with E-state index < -0.39 is 20.1 Å². The van der Waals surface area contributed by atoms with Crippen LogP contribution in [-0.4, -0.2) is 23.1 Å². The lowest BCUT2D eigenvalue weighted by Gasteiger charge is -2.12. The number of sulfonamides is 1. The van der Waals surface area contributed by atoms with Gasteiger partial charge in [-0.05, 0) is 55.0 Å². The first-order valence-electron chi connectivity index (χ1n) is 10.3. The van der Waals surface area contributed by atoms with E-state index in [1.165, 1.54) is 36.5 Å². The smallest absolute Gasteiger partial charge is 0.339 e. The number of fused-ring (bicyclic) bond motifs is 1. The summed E-state index contributed by atoms with van der Waals surface area (Å²) in [6.45, 7) is 3.71. The molecule has 0 radical (unpaired) electrons. The highest BCUT2D eigenvalue weighted by molar-refractivity contribution is 7.89. The van der Waals surface area contributed by atoms with Crippen molar-refractivity contribution in [1.82, 2.24) is 4.83 Å². The Bertz CT molecular complexity index is 1580. The zero-order valence-electron chi connectivity index (χ0n) is 18.5. The zero-order chi connectivity index (χ0) is 24.3. The summed E-state index contributed by atoms with van der Waals surface area (Å²) in [6.07, 6.45) is 1.24. The van der Waals surface area contributed by atoms with Gasteiger partial charge in [-0.25, -0.2) is 4.83 Å². The van der Waals surface area contributed by atoms with Gasteiger partial charge in [-0.15, -0.1) is 0 Å². The van der Waals surface area contributed by atoms with Crippen LogP contribution in [0.5, 0.6) is 5.75 Å². The number of hydrogen-bond donors (Lipinski definition) is 1. The van der Waals surface area contributed by atoms with E-state index in [4.69, 9.17) is 4.18 Å². The summed E-state index contributed by atoms with van der Waals surface area (Å²) in [4.78, 5) is 2.24. The third-order valence-electron chi connectivity index (χ3n) is 5.14. The average molecular weight is 495 g/mol. The van der Waals surface area contributed by atoms with E-state index in [9.17, 15) is 16.8 Å². The van der Waals surface area contributed by atoms with Gasteiger partial charge in [0.2, 0.25) is 0 Å². The average Bonchev–Trinajstić information content (AvgIpc) is 2.80. The Hall–Kier alpha value is -3.69. The molecule has 0 heterocycles. The number of nitrogens with one attached hydrogen (secondary N) is 1. The number of rotatable bonds is 7. The molecule has 1 N–H and O–H groups in total. The van der Waals surface area contributed by atoms with Crippen LogP contribution in [0.15, 0.2) is 99.8 Å². The highest BCUT2D eigenvalue weighted by atomic mass is 32.2. The third-order valence-corrected chi connectivity index (χ3v) is 7.62. The first kappa shape index (κ1) is 23.5. The maximum atomic E-state index is 12.9. The molecule has 0 bridgehead atoms. The summed E-state index contributed by atoms with van der Waals surface area (Å²) < 4.78 is 56.3. The second kappa shape index (κ2) is 9.28. The molecule has 0 saturated carbocycles. The summed E-state index contributed by atoms with van der Waals surface area (Å²) in [6, 6.07) is 23.1. The Balaban J connectivity index is 1.70. The second-order valence-corrected chi connectivity index (χ2v) is 10.9. The van der Waals surface area contributed by atoms with Gasteiger partial charge in [-0.2, -0.15) is 21.9 Å². The van der Waals surface area contributed by atoms with Crippen molar-refractivity contribution in [1.29, 1.82) is 0 Å². The molecule has 4 rings (SSSR count). The fourth-order valence-electron chi connectivity index (χ4n) is 3.28. The largest absolute Gasteiger partial charge is 0.378 e. The van der Waals surface area contributed by atoms with Crippen LogP contribution in [0.25, 0.3) is 10.8 Å². The molecule has 0 atom stereocenters. The molecule has 0 saturated heterocycles. The first-order chi connectivity index (χ1) is 16.2. The third kappa shape index (κ3) is 5.11. The summed E-state index contributed by atoms with van der Waals surface area (Å²) in [5.74, 6) is 0.0255. The van der Waals surface area contributed by atoms with Crippen LogP contribution in [0.3, 0.4) is 0 Å². The van der Waals surface area contributed by atoms with Gasteiger partial charge in [0.25, 0.3) is 10.0 Å². The van der Waals surface area contributed by atoms with Crippen molar-refractivity contribution in [2.24, 2.45) is 5.10 Å². The molecular weight excluding hydrogens is 472 g/mol. The monoisotopic (exact) mass is 494 g/mol. The van der Waals surface area contributed by atoms with E-state index in [0.29, 0.717) is 10.9 Å². The van der Waals surface area contributed by atoms with Crippen LogP contribution in [0, 0.1) is 13.8 Å². The molecule has 174 valence electrons. The van der Waals surface area contributed by atoms with E-state index >= 15 is 0 Å². The van der Waals surface area contributed by atoms with Gasteiger partial charge in [0, 0.05) is 5.56 Å². The van der Waals surface area contributed by atoms with E-state index in [2.05, 4.69) is 9.93 Å². The number of hydrogen-bond acceptors (Lipinski definition) is 6. The molecule has 0 aromatic heterocycles. The fraction of sp³-hybridized carbons (Fsp3) is 0.0800. The summed E-state index contributed by atoms with van der Waals surface area (Å²) in [7, 11) is -8.02. The molecule has 4 aromatic rings. The minimum Gasteiger partial charge on any atom is -0.378 e. The van der Waals surface area contributed by atoms with Gasteiger partial charge < -0.3 is 4.18 Å². The van der Waals surface area contributed by atoms with Crippen molar-refractivity contribution < 1.29 is 21.0 Å². The first-order valence-corrected chi connectivity index (χ1v) is 13.2. The molecule has 34 heavy (non-hydrogen) atoms. The molecule has 7 nitrogen and oxygen atoms in total. The van der Waals surface area contributed by atoms with Crippen LogP contribution < -0.4 is 9.01 Å². The fourth-order valence-corrected chi connectivity index (χ4v) is 5.02. The quantitative estimate of drug-likeness (QED) is 0.231. The Morgan fingerprint density at radius 3 is 1.97 bits per heavy atom. The van der Waals surface area contributed by atoms with Gasteiger partial charge >= 0.3 is 10.1 Å². The van der Waals surface area contributed by atoms with Crippen LogP contribution in [0.1, 0.15) is 16.7 Å². The Labute approximate surface area is 198 Å². The molecule has 0 fully saturated rings. The molecule has 0 spiro atoms. The molecule has 4 aromatic carbocycles. The van der Waals surface area contributed by atoms with Crippen LogP contribution in [0.2, 0.25) is 0 Å². The van der Waals surface area contributed by atoms with Crippen molar-refractivity contribution in [3.05, 3.63) is 102 Å². The number of benzene rings is 4. The van der Waals surface area contributed by atoms with Gasteiger partial charge in [-0.1, -0.05) is 65.7 Å². The molecule has 0 aliphatic heterocycles. The summed E-state index contributed by atoms with van der Waals surface area (Å²) in [5, 5.41) is 5.36. The number of nitrogens with zero attached hydrogens (tertiary/aromatic N) is 1. The van der Waals surface area contributed by atoms with E-state index in [1.807, 2.05) is 26.0 Å². The standard InChI is InChI=1S/C25H22N2O5S2/c1-18-7-12-21(13-8-18)33(28,29)27-26-17-24-23-6-4-3-5-20(23)11-16-25(24)32-34(30,31)22-14-9-19(2)10-15-22/h3-17,27H,1-2H3/b26-17-. The van der Waals surface area contributed by atoms with Crippen molar-refractivity contribution in [2.75, 3.05) is 0 Å². The highest BCUT2D eigenvalue weighted by Gasteiger charge is 2.19. The van der Waals surface area contributed by atoms with E-state index in [1.54, 1.807) is 42.5 Å². The molecule has 9 heteroatoms. The zero-order valence-corrected chi connectivity index (χ0v) is 20.1. The molecule has 0 aliphatic rings. The van der Waals surface area contributed by atoms with Crippen LogP contribution in [0.4, 0.5) is 0 Å². The summed E-state index contributed by atoms with van der Waals surface area (Å²) >= 11 is 0. The predicted molar refractivity (Wildman–Crippen MR) is 132 cm³/mol. The van der Waals surface area contributed by atoms with Gasteiger partial charge in [0.15, 0.2) is 5.75 Å².